The molecule has 2 unspecified atom stereocenters. The first-order chi connectivity index (χ1) is 22.8. The number of aliphatic carboxylic acids is 1. The van der Waals surface area contributed by atoms with Gasteiger partial charge < -0.3 is 25.6 Å². The van der Waals surface area contributed by atoms with Crippen LogP contribution < -0.4 is 10.6 Å². The number of amides is 2. The van der Waals surface area contributed by atoms with Gasteiger partial charge in [0.05, 0.1) is 13.2 Å². The van der Waals surface area contributed by atoms with Gasteiger partial charge >= 0.3 is 11.9 Å². The highest BCUT2D eigenvalue weighted by molar-refractivity contribution is 5.87. The van der Waals surface area contributed by atoms with E-state index in [1.54, 1.807) is 0 Å². The second kappa shape index (κ2) is 33.2. The average molecular weight is 665 g/mol. The van der Waals surface area contributed by atoms with E-state index in [4.69, 9.17) is 14.9 Å². The molecule has 0 spiro atoms. The van der Waals surface area contributed by atoms with E-state index >= 15 is 0 Å². The summed E-state index contributed by atoms with van der Waals surface area (Å²) in [6.45, 7) is 3.39. The number of carbonyl (C=O) groups is 4. The molecule has 2 amide bonds. The maximum absolute atomic E-state index is 12.6. The second-order valence-electron chi connectivity index (χ2n) is 12.7. The zero-order chi connectivity index (χ0) is 34.8. The highest BCUT2D eigenvalue weighted by Gasteiger charge is 2.18. The fraction of sp³-hybridized carbons (Fsp3) is 0.789. The van der Waals surface area contributed by atoms with Crippen molar-refractivity contribution in [3.05, 3.63) is 24.3 Å². The van der Waals surface area contributed by atoms with Crippen molar-refractivity contribution in [3.63, 3.8) is 0 Å². The molecule has 0 radical (unpaired) electrons. The van der Waals surface area contributed by atoms with E-state index in [0.717, 1.165) is 64.2 Å². The van der Waals surface area contributed by atoms with Crippen LogP contribution in [-0.2, 0) is 23.9 Å². The van der Waals surface area contributed by atoms with Gasteiger partial charge in [-0.15, -0.1) is 0 Å². The minimum atomic E-state index is -1.39. The Morgan fingerprint density at radius 2 is 1.17 bits per heavy atom. The predicted octanol–water partition coefficient (Wildman–Crippen LogP) is 8.09. The molecule has 0 aliphatic heterocycles. The summed E-state index contributed by atoms with van der Waals surface area (Å²) in [5, 5.41) is 22.5. The van der Waals surface area contributed by atoms with Gasteiger partial charge in [-0.25, -0.2) is 4.79 Å². The second-order valence-corrected chi connectivity index (χ2v) is 12.7. The van der Waals surface area contributed by atoms with Crippen molar-refractivity contribution >= 4 is 23.8 Å². The number of unbranched alkanes of at least 4 members (excludes halogenated alkanes) is 17. The van der Waals surface area contributed by atoms with E-state index in [1.165, 1.54) is 70.6 Å². The van der Waals surface area contributed by atoms with Crippen molar-refractivity contribution in [1.29, 1.82) is 0 Å². The molecule has 0 saturated carbocycles. The normalized spacial score (nSPS) is 12.7. The van der Waals surface area contributed by atoms with Crippen molar-refractivity contribution in [2.45, 2.75) is 180 Å². The lowest BCUT2D eigenvalue weighted by Gasteiger charge is -2.15. The van der Waals surface area contributed by atoms with Gasteiger partial charge in [0.25, 0.3) is 0 Å². The van der Waals surface area contributed by atoms with Crippen LogP contribution in [0.4, 0.5) is 0 Å². The number of rotatable bonds is 33. The number of ether oxygens (including phenoxy) is 1. The van der Waals surface area contributed by atoms with Gasteiger partial charge in [-0.3, -0.25) is 14.4 Å². The third-order valence-electron chi connectivity index (χ3n) is 8.16. The van der Waals surface area contributed by atoms with Gasteiger partial charge in [0.15, 0.2) is 0 Å². The molecule has 0 saturated heterocycles. The number of hydrogen-bond donors (Lipinski definition) is 4. The molecule has 0 aliphatic carbocycles. The molecule has 0 aromatic heterocycles. The largest absolute Gasteiger partial charge is 0.480 e. The number of carboxylic acids is 1. The lowest BCUT2D eigenvalue weighted by molar-refractivity contribution is -0.147. The van der Waals surface area contributed by atoms with E-state index in [9.17, 15) is 19.2 Å². The molecule has 0 aromatic carbocycles. The zero-order valence-electron chi connectivity index (χ0n) is 29.8. The van der Waals surface area contributed by atoms with Crippen LogP contribution in [0.15, 0.2) is 24.3 Å². The minimum Gasteiger partial charge on any atom is -0.480 e. The summed E-state index contributed by atoms with van der Waals surface area (Å²) >= 11 is 0. The molecule has 47 heavy (non-hydrogen) atoms. The monoisotopic (exact) mass is 665 g/mol. The van der Waals surface area contributed by atoms with Crippen molar-refractivity contribution in [3.8, 4) is 0 Å². The Morgan fingerprint density at radius 1 is 0.638 bits per heavy atom. The molecule has 272 valence electrons. The third-order valence-corrected chi connectivity index (χ3v) is 8.16. The van der Waals surface area contributed by atoms with Gasteiger partial charge in [0, 0.05) is 12.8 Å². The van der Waals surface area contributed by atoms with Crippen LogP contribution in [-0.4, -0.2) is 59.3 Å². The summed E-state index contributed by atoms with van der Waals surface area (Å²) in [5.41, 5.74) is 0. The van der Waals surface area contributed by atoms with Crippen molar-refractivity contribution in [2.24, 2.45) is 0 Å². The Hall–Kier alpha value is -2.68. The summed E-state index contributed by atoms with van der Waals surface area (Å²) in [6.07, 6.45) is 33.6. The van der Waals surface area contributed by atoms with E-state index < -0.39 is 24.5 Å². The van der Waals surface area contributed by atoms with E-state index in [1.807, 2.05) is 0 Å². The maximum atomic E-state index is 12.6. The number of carboxylic acid groups (broad SMARTS) is 1. The number of hydrogen-bond acceptors (Lipinski definition) is 6. The van der Waals surface area contributed by atoms with Gasteiger partial charge in [-0.2, -0.15) is 0 Å². The highest BCUT2D eigenvalue weighted by Crippen LogP contribution is 2.15. The quantitative estimate of drug-likeness (QED) is 0.0316. The van der Waals surface area contributed by atoms with Crippen molar-refractivity contribution < 1.29 is 34.1 Å². The molecule has 0 aromatic rings. The van der Waals surface area contributed by atoms with Gasteiger partial charge in [0.2, 0.25) is 11.8 Å². The smallest absolute Gasteiger partial charge is 0.328 e. The number of aliphatic hydroxyl groups excluding tert-OH is 1. The Balaban J connectivity index is 4.37. The maximum Gasteiger partial charge on any atom is 0.328 e. The van der Waals surface area contributed by atoms with Crippen LogP contribution in [0.25, 0.3) is 0 Å². The molecule has 0 fully saturated rings. The SMILES string of the molecule is CCCC/C=C\CCCCCCCC(=O)OC(/C=C\CCCCCCCCC)CCCCCCC(=O)NCC(=O)NC(CO)C(=O)O. The summed E-state index contributed by atoms with van der Waals surface area (Å²) in [6, 6.07) is -1.39. The first kappa shape index (κ1) is 44.3. The molecular weight excluding hydrogens is 596 g/mol. The van der Waals surface area contributed by atoms with Crippen LogP contribution in [0.5, 0.6) is 0 Å². The lowest BCUT2D eigenvalue weighted by Crippen LogP contribution is -2.47. The van der Waals surface area contributed by atoms with Gasteiger partial charge in [0.1, 0.15) is 12.1 Å². The topological polar surface area (TPSA) is 142 Å². The predicted molar refractivity (Wildman–Crippen MR) is 190 cm³/mol. The molecule has 0 aliphatic rings. The molecule has 9 nitrogen and oxygen atoms in total. The first-order valence-corrected chi connectivity index (χ1v) is 18.7. The number of aliphatic hydroxyl groups is 1. The Bertz CT molecular complexity index is 859. The average Bonchev–Trinajstić information content (AvgIpc) is 3.05. The molecule has 0 rings (SSSR count). The highest BCUT2D eigenvalue weighted by atomic mass is 16.5. The lowest BCUT2D eigenvalue weighted by atomic mass is 10.1. The van der Waals surface area contributed by atoms with Crippen LogP contribution >= 0.6 is 0 Å². The Morgan fingerprint density at radius 3 is 1.79 bits per heavy atom. The van der Waals surface area contributed by atoms with Gasteiger partial charge in [-0.05, 0) is 63.9 Å². The number of carbonyl (C=O) groups excluding carboxylic acids is 3. The number of esters is 1. The first-order valence-electron chi connectivity index (χ1n) is 18.7. The Kier molecular flexibility index (Phi) is 31.3. The standard InChI is InChI=1S/C38H68N2O7/c1-3-5-7-9-11-13-14-16-18-20-26-30-37(44)47-33(27-23-19-17-15-12-10-8-6-4-2)28-24-21-22-25-29-35(42)39-31-36(43)40-34(32-41)38(45)46/h9,11,23,27,33-34,41H,3-8,10,12-22,24-26,28-32H2,1-2H3,(H,39,42)(H,40,43)(H,45,46)/b11-9-,27-23-. The number of allylic oxidation sites excluding steroid dienone is 3. The Labute approximate surface area is 285 Å². The zero-order valence-corrected chi connectivity index (χ0v) is 29.8. The summed E-state index contributed by atoms with van der Waals surface area (Å²) in [5.74, 6) is -2.41. The van der Waals surface area contributed by atoms with E-state index in [0.29, 0.717) is 12.8 Å². The van der Waals surface area contributed by atoms with Gasteiger partial charge in [-0.1, -0.05) is 116 Å². The molecule has 2 atom stereocenters. The molecule has 9 heteroatoms. The fourth-order valence-electron chi connectivity index (χ4n) is 5.19. The van der Waals surface area contributed by atoms with Crippen LogP contribution in [0.1, 0.15) is 168 Å². The molecular formula is C38H68N2O7. The van der Waals surface area contributed by atoms with E-state index in [-0.39, 0.29) is 30.9 Å². The third kappa shape index (κ3) is 30.4. The summed E-state index contributed by atoms with van der Waals surface area (Å²) in [7, 11) is 0. The molecule has 4 N–H and O–H groups in total. The minimum absolute atomic E-state index is 0.121. The van der Waals surface area contributed by atoms with Crippen LogP contribution in [0, 0.1) is 0 Å². The van der Waals surface area contributed by atoms with Crippen molar-refractivity contribution in [1.82, 2.24) is 10.6 Å². The van der Waals surface area contributed by atoms with Crippen molar-refractivity contribution in [2.75, 3.05) is 13.2 Å². The molecule has 0 heterocycles. The van der Waals surface area contributed by atoms with Crippen LogP contribution in [0.2, 0.25) is 0 Å². The summed E-state index contributed by atoms with van der Waals surface area (Å²) < 4.78 is 5.87. The van der Waals surface area contributed by atoms with E-state index in [2.05, 4.69) is 48.8 Å². The summed E-state index contributed by atoms with van der Waals surface area (Å²) in [4.78, 5) is 47.3. The fourth-order valence-corrected chi connectivity index (χ4v) is 5.19. The molecule has 0 bridgehead atoms. The van der Waals surface area contributed by atoms with Crippen LogP contribution in [0.3, 0.4) is 0 Å². The number of nitrogens with one attached hydrogen (secondary N) is 2.